The van der Waals surface area contributed by atoms with E-state index in [1.807, 2.05) is 6.92 Å². The SMILES string of the molecule is C=C(C)OCCCN(C)CCCCC. The maximum absolute atomic E-state index is 5.30. The lowest BCUT2D eigenvalue weighted by Gasteiger charge is -2.16. The predicted octanol–water partition coefficient (Wildman–Crippen LogP) is 3.05. The Bertz CT molecular complexity index is 145. The minimum absolute atomic E-state index is 0.799. The molecule has 0 bridgehead atoms. The molecule has 0 aliphatic rings. The van der Waals surface area contributed by atoms with E-state index in [1.165, 1.54) is 25.8 Å². The first-order valence-electron chi connectivity index (χ1n) is 5.63. The third-order valence-electron chi connectivity index (χ3n) is 2.18. The summed E-state index contributed by atoms with van der Waals surface area (Å²) in [6.45, 7) is 11.0. The van der Waals surface area contributed by atoms with Gasteiger partial charge in [0, 0.05) is 6.54 Å². The van der Waals surface area contributed by atoms with Crippen molar-refractivity contribution < 1.29 is 4.74 Å². The Morgan fingerprint density at radius 1 is 1.21 bits per heavy atom. The molecule has 0 aliphatic carbocycles. The van der Waals surface area contributed by atoms with E-state index in [-0.39, 0.29) is 0 Å². The van der Waals surface area contributed by atoms with Crippen LogP contribution < -0.4 is 0 Å². The number of hydrogen-bond acceptors (Lipinski definition) is 2. The Hall–Kier alpha value is -0.500. The quantitative estimate of drug-likeness (QED) is 0.418. The molecular weight excluding hydrogens is 174 g/mol. The summed E-state index contributed by atoms with van der Waals surface area (Å²) < 4.78 is 5.30. The largest absolute Gasteiger partial charge is 0.499 e. The standard InChI is InChI=1S/C12H25NO/c1-5-6-7-9-13(4)10-8-11-14-12(2)3/h2,5-11H2,1,3-4H3. The molecule has 0 aromatic heterocycles. The third-order valence-corrected chi connectivity index (χ3v) is 2.18. The van der Waals surface area contributed by atoms with Gasteiger partial charge in [0.25, 0.3) is 0 Å². The van der Waals surface area contributed by atoms with E-state index in [9.17, 15) is 0 Å². The highest BCUT2D eigenvalue weighted by Gasteiger charge is 1.97. The van der Waals surface area contributed by atoms with Crippen molar-refractivity contribution in [1.29, 1.82) is 0 Å². The first-order chi connectivity index (χ1) is 6.66. The Labute approximate surface area is 88.9 Å². The van der Waals surface area contributed by atoms with E-state index in [4.69, 9.17) is 4.74 Å². The van der Waals surface area contributed by atoms with Crippen molar-refractivity contribution in [2.75, 3.05) is 26.7 Å². The molecular formula is C12H25NO. The molecule has 0 aromatic carbocycles. The van der Waals surface area contributed by atoms with Crippen molar-refractivity contribution in [2.24, 2.45) is 0 Å². The molecule has 0 unspecified atom stereocenters. The molecule has 0 aromatic rings. The van der Waals surface area contributed by atoms with Gasteiger partial charge >= 0.3 is 0 Å². The van der Waals surface area contributed by atoms with Gasteiger partial charge in [-0.25, -0.2) is 0 Å². The predicted molar refractivity (Wildman–Crippen MR) is 62.4 cm³/mol. The van der Waals surface area contributed by atoms with Gasteiger partial charge in [-0.15, -0.1) is 0 Å². The van der Waals surface area contributed by atoms with Gasteiger partial charge in [0.1, 0.15) is 0 Å². The number of hydrogen-bond donors (Lipinski definition) is 0. The van der Waals surface area contributed by atoms with Gasteiger partial charge in [0.15, 0.2) is 0 Å². The number of nitrogens with zero attached hydrogens (tertiary/aromatic N) is 1. The highest BCUT2D eigenvalue weighted by molar-refractivity contribution is 4.73. The lowest BCUT2D eigenvalue weighted by Crippen LogP contribution is -2.21. The maximum atomic E-state index is 5.30. The molecule has 2 nitrogen and oxygen atoms in total. The minimum Gasteiger partial charge on any atom is -0.499 e. The van der Waals surface area contributed by atoms with Crippen LogP contribution in [0.3, 0.4) is 0 Å². The molecule has 0 heterocycles. The summed E-state index contributed by atoms with van der Waals surface area (Å²) in [6.07, 6.45) is 5.04. The van der Waals surface area contributed by atoms with Gasteiger partial charge in [-0.2, -0.15) is 0 Å². The van der Waals surface area contributed by atoms with Gasteiger partial charge in [0.05, 0.1) is 12.4 Å². The minimum atomic E-state index is 0.799. The van der Waals surface area contributed by atoms with Gasteiger partial charge in [-0.3, -0.25) is 0 Å². The molecule has 0 N–H and O–H groups in total. The van der Waals surface area contributed by atoms with E-state index in [0.717, 1.165) is 25.3 Å². The van der Waals surface area contributed by atoms with Crippen LogP contribution in [0, 0.1) is 0 Å². The van der Waals surface area contributed by atoms with Crippen molar-refractivity contribution in [3.8, 4) is 0 Å². The first-order valence-corrected chi connectivity index (χ1v) is 5.63. The summed E-state index contributed by atoms with van der Waals surface area (Å²) in [5.41, 5.74) is 0. The molecule has 0 rings (SSSR count). The fraction of sp³-hybridized carbons (Fsp3) is 0.833. The molecule has 14 heavy (non-hydrogen) atoms. The van der Waals surface area contributed by atoms with Crippen LogP contribution in [-0.2, 0) is 4.74 Å². The van der Waals surface area contributed by atoms with Crippen molar-refractivity contribution in [1.82, 2.24) is 4.90 Å². The van der Waals surface area contributed by atoms with Crippen molar-refractivity contribution >= 4 is 0 Å². The van der Waals surface area contributed by atoms with Crippen LogP contribution >= 0.6 is 0 Å². The van der Waals surface area contributed by atoms with Crippen molar-refractivity contribution in [3.05, 3.63) is 12.3 Å². The monoisotopic (exact) mass is 199 g/mol. The Morgan fingerprint density at radius 2 is 1.86 bits per heavy atom. The molecule has 0 atom stereocenters. The first kappa shape index (κ1) is 13.5. The van der Waals surface area contributed by atoms with Crippen molar-refractivity contribution in [2.45, 2.75) is 39.5 Å². The summed E-state index contributed by atoms with van der Waals surface area (Å²) in [4.78, 5) is 2.37. The summed E-state index contributed by atoms with van der Waals surface area (Å²) in [5.74, 6) is 0.818. The summed E-state index contributed by atoms with van der Waals surface area (Å²) in [5, 5.41) is 0. The molecule has 2 heteroatoms. The van der Waals surface area contributed by atoms with Crippen LogP contribution in [0.15, 0.2) is 12.3 Å². The van der Waals surface area contributed by atoms with Gasteiger partial charge < -0.3 is 9.64 Å². The zero-order chi connectivity index (χ0) is 10.8. The summed E-state index contributed by atoms with van der Waals surface area (Å²) >= 11 is 0. The smallest absolute Gasteiger partial charge is 0.0889 e. The number of ether oxygens (including phenoxy) is 1. The molecule has 0 saturated carbocycles. The zero-order valence-corrected chi connectivity index (χ0v) is 10.0. The average molecular weight is 199 g/mol. The third kappa shape index (κ3) is 9.59. The molecule has 0 aliphatic heterocycles. The molecule has 0 saturated heterocycles. The highest BCUT2D eigenvalue weighted by atomic mass is 16.5. The van der Waals surface area contributed by atoms with Crippen LogP contribution in [0.4, 0.5) is 0 Å². The second-order valence-corrected chi connectivity index (χ2v) is 3.91. The lowest BCUT2D eigenvalue weighted by atomic mass is 10.2. The van der Waals surface area contributed by atoms with Crippen LogP contribution in [-0.4, -0.2) is 31.6 Å². The summed E-state index contributed by atoms with van der Waals surface area (Å²) in [6, 6.07) is 0. The van der Waals surface area contributed by atoms with Gasteiger partial charge in [0.2, 0.25) is 0 Å². The number of allylic oxidation sites excluding steroid dienone is 1. The summed E-state index contributed by atoms with van der Waals surface area (Å²) in [7, 11) is 2.18. The highest BCUT2D eigenvalue weighted by Crippen LogP contribution is 1.98. The van der Waals surface area contributed by atoms with E-state index in [2.05, 4.69) is 25.5 Å². The number of unbranched alkanes of at least 4 members (excludes halogenated alkanes) is 2. The zero-order valence-electron chi connectivity index (χ0n) is 10.0. The molecule has 0 fully saturated rings. The average Bonchev–Trinajstić information content (AvgIpc) is 2.13. The Morgan fingerprint density at radius 3 is 2.43 bits per heavy atom. The molecule has 0 spiro atoms. The Balaban J connectivity index is 3.18. The lowest BCUT2D eigenvalue weighted by molar-refractivity contribution is 0.193. The van der Waals surface area contributed by atoms with E-state index in [1.54, 1.807) is 0 Å². The fourth-order valence-electron chi connectivity index (χ4n) is 1.32. The molecule has 0 radical (unpaired) electrons. The second-order valence-electron chi connectivity index (χ2n) is 3.91. The van der Waals surface area contributed by atoms with E-state index < -0.39 is 0 Å². The van der Waals surface area contributed by atoms with Crippen molar-refractivity contribution in [3.63, 3.8) is 0 Å². The second kappa shape index (κ2) is 9.07. The molecule has 84 valence electrons. The van der Waals surface area contributed by atoms with Gasteiger partial charge in [-0.1, -0.05) is 26.3 Å². The maximum Gasteiger partial charge on any atom is 0.0889 e. The van der Waals surface area contributed by atoms with Crippen LogP contribution in [0.25, 0.3) is 0 Å². The van der Waals surface area contributed by atoms with E-state index >= 15 is 0 Å². The topological polar surface area (TPSA) is 12.5 Å². The Kier molecular flexibility index (Phi) is 8.75. The van der Waals surface area contributed by atoms with Crippen LogP contribution in [0.1, 0.15) is 39.5 Å². The fourth-order valence-corrected chi connectivity index (χ4v) is 1.32. The molecule has 0 amide bonds. The van der Waals surface area contributed by atoms with E-state index in [0.29, 0.717) is 0 Å². The number of rotatable bonds is 9. The van der Waals surface area contributed by atoms with Crippen LogP contribution in [0.2, 0.25) is 0 Å². The van der Waals surface area contributed by atoms with Crippen LogP contribution in [0.5, 0.6) is 0 Å². The van der Waals surface area contributed by atoms with Gasteiger partial charge in [-0.05, 0) is 33.4 Å². The normalized spacial score (nSPS) is 10.6.